The third-order valence-corrected chi connectivity index (χ3v) is 3.51. The third-order valence-electron chi connectivity index (χ3n) is 3.51. The van der Waals surface area contributed by atoms with Crippen LogP contribution in [-0.2, 0) is 14.3 Å². The van der Waals surface area contributed by atoms with Gasteiger partial charge in [0.25, 0.3) is 0 Å². The largest absolute Gasteiger partial charge is 0.345 e. The number of rotatable bonds is 9. The molecule has 0 N–H and O–H groups in total. The van der Waals surface area contributed by atoms with Crippen LogP contribution in [0.1, 0.15) is 65.7 Å². The molecule has 0 unspecified atom stereocenters. The first-order valence-corrected chi connectivity index (χ1v) is 7.49. The van der Waals surface area contributed by atoms with Crippen molar-refractivity contribution in [1.29, 1.82) is 0 Å². The smallest absolute Gasteiger partial charge is 0.163 e. The Bertz CT molecular complexity index is 296. The van der Waals surface area contributed by atoms with Crippen molar-refractivity contribution in [3.8, 4) is 0 Å². The Balaban J connectivity index is 2.39. The van der Waals surface area contributed by atoms with Crippen molar-refractivity contribution in [3.05, 3.63) is 12.7 Å². The van der Waals surface area contributed by atoms with Gasteiger partial charge in [0, 0.05) is 6.42 Å². The summed E-state index contributed by atoms with van der Waals surface area (Å²) in [5.41, 5.74) is 0. The lowest BCUT2D eigenvalue weighted by atomic mass is 10.0. The number of ketones is 1. The van der Waals surface area contributed by atoms with E-state index in [4.69, 9.17) is 9.47 Å². The van der Waals surface area contributed by atoms with Gasteiger partial charge in [0.2, 0.25) is 0 Å². The van der Waals surface area contributed by atoms with Crippen molar-refractivity contribution in [3.63, 3.8) is 0 Å². The van der Waals surface area contributed by atoms with E-state index in [1.165, 1.54) is 31.8 Å². The normalized spacial score (nSPS) is 25.4. The zero-order valence-corrected chi connectivity index (χ0v) is 12.6. The molecule has 0 aromatic rings. The summed E-state index contributed by atoms with van der Waals surface area (Å²) in [6, 6.07) is 0. The van der Waals surface area contributed by atoms with E-state index in [1.54, 1.807) is 0 Å². The molecule has 0 aliphatic carbocycles. The molecule has 3 heteroatoms. The number of hydrogen-bond acceptors (Lipinski definition) is 3. The highest BCUT2D eigenvalue weighted by Gasteiger charge is 2.41. The molecule has 19 heavy (non-hydrogen) atoms. The van der Waals surface area contributed by atoms with E-state index in [0.717, 1.165) is 12.8 Å². The van der Waals surface area contributed by atoms with E-state index in [2.05, 4.69) is 13.5 Å². The Kier molecular flexibility index (Phi) is 6.73. The summed E-state index contributed by atoms with van der Waals surface area (Å²) in [4.78, 5) is 11.5. The van der Waals surface area contributed by atoms with E-state index >= 15 is 0 Å². The van der Waals surface area contributed by atoms with Crippen molar-refractivity contribution in [1.82, 2.24) is 0 Å². The summed E-state index contributed by atoms with van der Waals surface area (Å²) in [7, 11) is 0. The number of allylic oxidation sites excluding steroid dienone is 1. The van der Waals surface area contributed by atoms with Gasteiger partial charge in [-0.15, -0.1) is 0 Å². The Morgan fingerprint density at radius 3 is 2.42 bits per heavy atom. The zero-order chi connectivity index (χ0) is 14.3. The van der Waals surface area contributed by atoms with E-state index in [-0.39, 0.29) is 18.0 Å². The Morgan fingerprint density at radius 2 is 1.79 bits per heavy atom. The quantitative estimate of drug-likeness (QED) is 0.468. The van der Waals surface area contributed by atoms with E-state index in [0.29, 0.717) is 6.42 Å². The van der Waals surface area contributed by atoms with Crippen molar-refractivity contribution >= 4 is 5.78 Å². The highest BCUT2D eigenvalue weighted by Crippen LogP contribution is 2.32. The standard InChI is InChI=1S/C16H28O3/c1-5-7-8-9-10-11-14-15(12-13(17)6-2)19-16(3,4)18-14/h6,14-15H,2,5,7-12H2,1,3-4H3/t14-,15-/m1/s1. The minimum absolute atomic E-state index is 0.0299. The Morgan fingerprint density at radius 1 is 1.16 bits per heavy atom. The van der Waals surface area contributed by atoms with Crippen molar-refractivity contribution in [2.45, 2.75) is 83.7 Å². The predicted octanol–water partition coefficient (Wildman–Crippen LogP) is 4.01. The zero-order valence-electron chi connectivity index (χ0n) is 12.6. The predicted molar refractivity (Wildman–Crippen MR) is 77.0 cm³/mol. The molecule has 1 aliphatic rings. The summed E-state index contributed by atoms with van der Waals surface area (Å²) in [5, 5.41) is 0. The molecule has 0 aromatic carbocycles. The lowest BCUT2D eigenvalue weighted by molar-refractivity contribution is -0.148. The first-order valence-electron chi connectivity index (χ1n) is 7.49. The van der Waals surface area contributed by atoms with Gasteiger partial charge in [-0.2, -0.15) is 0 Å². The van der Waals surface area contributed by atoms with Crippen LogP contribution in [0.25, 0.3) is 0 Å². The molecule has 1 aliphatic heterocycles. The van der Waals surface area contributed by atoms with Crippen LogP contribution in [0.15, 0.2) is 12.7 Å². The van der Waals surface area contributed by atoms with Crippen LogP contribution in [0.4, 0.5) is 0 Å². The van der Waals surface area contributed by atoms with E-state index < -0.39 is 5.79 Å². The molecule has 2 atom stereocenters. The summed E-state index contributed by atoms with van der Waals surface area (Å²) >= 11 is 0. The second kappa shape index (κ2) is 7.81. The summed E-state index contributed by atoms with van der Waals surface area (Å²) in [6.45, 7) is 9.55. The molecule has 110 valence electrons. The summed E-state index contributed by atoms with van der Waals surface area (Å²) in [5.74, 6) is -0.539. The maximum atomic E-state index is 11.5. The average molecular weight is 268 g/mol. The van der Waals surface area contributed by atoms with Gasteiger partial charge in [-0.1, -0.05) is 45.6 Å². The monoisotopic (exact) mass is 268 g/mol. The lowest BCUT2D eigenvalue weighted by Gasteiger charge is -2.16. The van der Waals surface area contributed by atoms with Gasteiger partial charge in [-0.25, -0.2) is 0 Å². The maximum Gasteiger partial charge on any atom is 0.163 e. The number of ether oxygens (including phenoxy) is 2. The fourth-order valence-corrected chi connectivity index (χ4v) is 2.56. The number of unbranched alkanes of at least 4 members (excludes halogenated alkanes) is 4. The first-order chi connectivity index (χ1) is 8.98. The fourth-order valence-electron chi connectivity index (χ4n) is 2.56. The second-order valence-electron chi connectivity index (χ2n) is 5.79. The molecule has 1 rings (SSSR count). The Labute approximate surface area is 117 Å². The minimum Gasteiger partial charge on any atom is -0.345 e. The van der Waals surface area contributed by atoms with Crippen LogP contribution in [0.5, 0.6) is 0 Å². The number of carbonyl (C=O) groups is 1. The molecular formula is C16H28O3. The SMILES string of the molecule is C=CC(=O)C[C@H]1OC(C)(C)O[C@@H]1CCCCCCC. The molecule has 1 saturated heterocycles. The summed E-state index contributed by atoms with van der Waals surface area (Å²) < 4.78 is 11.7. The van der Waals surface area contributed by atoms with E-state index in [1.807, 2.05) is 13.8 Å². The number of carbonyl (C=O) groups excluding carboxylic acids is 1. The minimum atomic E-state index is -0.569. The van der Waals surface area contributed by atoms with Crippen LogP contribution in [0.3, 0.4) is 0 Å². The van der Waals surface area contributed by atoms with Crippen LogP contribution in [0.2, 0.25) is 0 Å². The topological polar surface area (TPSA) is 35.5 Å². The average Bonchev–Trinajstić information content (AvgIpc) is 2.63. The molecule has 0 bridgehead atoms. The highest BCUT2D eigenvalue weighted by atomic mass is 16.7. The van der Waals surface area contributed by atoms with Gasteiger partial charge in [0.1, 0.15) is 0 Å². The Hall–Kier alpha value is -0.670. The summed E-state index contributed by atoms with van der Waals surface area (Å²) in [6.07, 6.45) is 8.86. The van der Waals surface area contributed by atoms with Gasteiger partial charge >= 0.3 is 0 Å². The van der Waals surface area contributed by atoms with Crippen molar-refractivity contribution < 1.29 is 14.3 Å². The second-order valence-corrected chi connectivity index (χ2v) is 5.79. The van der Waals surface area contributed by atoms with Crippen LogP contribution < -0.4 is 0 Å². The van der Waals surface area contributed by atoms with Crippen LogP contribution in [-0.4, -0.2) is 23.8 Å². The van der Waals surface area contributed by atoms with Gasteiger partial charge in [0.15, 0.2) is 11.6 Å². The molecule has 1 heterocycles. The molecule has 0 radical (unpaired) electrons. The third kappa shape index (κ3) is 5.87. The number of hydrogen-bond donors (Lipinski definition) is 0. The first kappa shape index (κ1) is 16.4. The van der Waals surface area contributed by atoms with Crippen LogP contribution in [0, 0.1) is 0 Å². The molecule has 0 aromatic heterocycles. The molecule has 0 amide bonds. The van der Waals surface area contributed by atoms with E-state index in [9.17, 15) is 4.79 Å². The highest BCUT2D eigenvalue weighted by molar-refractivity contribution is 5.89. The van der Waals surface area contributed by atoms with Gasteiger partial charge < -0.3 is 9.47 Å². The van der Waals surface area contributed by atoms with Crippen LogP contribution >= 0.6 is 0 Å². The molecule has 0 spiro atoms. The molecule has 3 nitrogen and oxygen atoms in total. The lowest BCUT2D eigenvalue weighted by Crippen LogP contribution is -2.25. The maximum absolute atomic E-state index is 11.5. The van der Waals surface area contributed by atoms with Crippen molar-refractivity contribution in [2.24, 2.45) is 0 Å². The van der Waals surface area contributed by atoms with Gasteiger partial charge in [-0.3, -0.25) is 4.79 Å². The fraction of sp³-hybridized carbons (Fsp3) is 0.812. The molecular weight excluding hydrogens is 240 g/mol. The van der Waals surface area contributed by atoms with Gasteiger partial charge in [0.05, 0.1) is 12.2 Å². The molecule has 1 fully saturated rings. The van der Waals surface area contributed by atoms with Gasteiger partial charge in [-0.05, 0) is 26.3 Å². The van der Waals surface area contributed by atoms with Crippen molar-refractivity contribution in [2.75, 3.05) is 0 Å². The molecule has 0 saturated carbocycles.